The largest absolute Gasteiger partial charge is 0.322 e. The summed E-state index contributed by atoms with van der Waals surface area (Å²) in [5, 5.41) is 4.00. The van der Waals surface area contributed by atoms with Gasteiger partial charge in [-0.3, -0.25) is 4.79 Å². The number of carbonyl (C=O) groups is 1. The standard InChI is InChI=1S/C18H15ClN2O/c1-2-12-7-9-13(10-8-12)20-18(22)15-11-17(19)21-16-6-4-3-5-14(15)16/h3-11H,2H2,1H3,(H,20,22). The van der Waals surface area contributed by atoms with Crippen LogP contribution in [-0.2, 0) is 6.42 Å². The van der Waals surface area contributed by atoms with E-state index in [0.29, 0.717) is 16.2 Å². The number of anilines is 1. The van der Waals surface area contributed by atoms with Gasteiger partial charge in [-0.25, -0.2) is 4.98 Å². The summed E-state index contributed by atoms with van der Waals surface area (Å²) in [7, 11) is 0. The fourth-order valence-corrected chi connectivity index (χ4v) is 2.55. The number of aromatic nitrogens is 1. The van der Waals surface area contributed by atoms with Crippen LogP contribution in [0.3, 0.4) is 0 Å². The second-order valence-corrected chi connectivity index (χ2v) is 5.40. The van der Waals surface area contributed by atoms with E-state index in [0.717, 1.165) is 17.5 Å². The van der Waals surface area contributed by atoms with Crippen LogP contribution in [0, 0.1) is 0 Å². The molecule has 2 aromatic carbocycles. The van der Waals surface area contributed by atoms with Gasteiger partial charge in [0.25, 0.3) is 5.91 Å². The number of fused-ring (bicyclic) bond motifs is 1. The van der Waals surface area contributed by atoms with Crippen LogP contribution in [0.15, 0.2) is 54.6 Å². The number of pyridine rings is 1. The molecule has 0 unspecified atom stereocenters. The van der Waals surface area contributed by atoms with Crippen molar-refractivity contribution in [3.63, 3.8) is 0 Å². The Balaban J connectivity index is 1.94. The van der Waals surface area contributed by atoms with Crippen LogP contribution >= 0.6 is 11.6 Å². The van der Waals surface area contributed by atoms with Crippen molar-refractivity contribution in [2.24, 2.45) is 0 Å². The minimum absolute atomic E-state index is 0.190. The molecule has 0 saturated carbocycles. The second-order valence-electron chi connectivity index (χ2n) is 5.01. The Hall–Kier alpha value is -2.39. The Morgan fingerprint density at radius 3 is 2.59 bits per heavy atom. The molecule has 0 atom stereocenters. The summed E-state index contributed by atoms with van der Waals surface area (Å²) in [6.07, 6.45) is 0.971. The number of rotatable bonds is 3. The number of benzene rings is 2. The van der Waals surface area contributed by atoms with E-state index < -0.39 is 0 Å². The van der Waals surface area contributed by atoms with Gasteiger partial charge in [-0.15, -0.1) is 0 Å². The lowest BCUT2D eigenvalue weighted by atomic mass is 10.1. The highest BCUT2D eigenvalue weighted by atomic mass is 35.5. The normalized spacial score (nSPS) is 10.6. The number of nitrogens with one attached hydrogen (secondary N) is 1. The zero-order valence-electron chi connectivity index (χ0n) is 12.1. The first-order valence-electron chi connectivity index (χ1n) is 7.13. The molecule has 0 aliphatic heterocycles. The highest BCUT2D eigenvalue weighted by Crippen LogP contribution is 2.22. The van der Waals surface area contributed by atoms with Gasteiger partial charge in [0.1, 0.15) is 5.15 Å². The maximum Gasteiger partial charge on any atom is 0.256 e. The molecular weight excluding hydrogens is 296 g/mol. The third-order valence-electron chi connectivity index (χ3n) is 3.55. The number of nitrogens with zero attached hydrogens (tertiary/aromatic N) is 1. The van der Waals surface area contributed by atoms with E-state index in [1.54, 1.807) is 6.07 Å². The first-order valence-corrected chi connectivity index (χ1v) is 7.51. The minimum Gasteiger partial charge on any atom is -0.322 e. The molecule has 110 valence electrons. The Labute approximate surface area is 133 Å². The number of para-hydroxylation sites is 1. The zero-order chi connectivity index (χ0) is 15.5. The molecule has 22 heavy (non-hydrogen) atoms. The molecule has 3 rings (SSSR count). The van der Waals surface area contributed by atoms with Gasteiger partial charge in [-0.05, 0) is 36.2 Å². The van der Waals surface area contributed by atoms with Crippen molar-refractivity contribution in [2.45, 2.75) is 13.3 Å². The number of hydrogen-bond donors (Lipinski definition) is 1. The summed E-state index contributed by atoms with van der Waals surface area (Å²) in [6.45, 7) is 2.10. The van der Waals surface area contributed by atoms with Gasteiger partial charge in [0.05, 0.1) is 11.1 Å². The van der Waals surface area contributed by atoms with E-state index in [1.165, 1.54) is 5.56 Å². The molecule has 0 bridgehead atoms. The Kier molecular flexibility index (Phi) is 4.07. The fraction of sp³-hybridized carbons (Fsp3) is 0.111. The second kappa shape index (κ2) is 6.16. The molecule has 3 aromatic rings. The van der Waals surface area contributed by atoms with Gasteiger partial charge in [-0.1, -0.05) is 48.9 Å². The van der Waals surface area contributed by atoms with E-state index in [1.807, 2.05) is 48.5 Å². The Morgan fingerprint density at radius 1 is 1.14 bits per heavy atom. The van der Waals surface area contributed by atoms with Gasteiger partial charge >= 0.3 is 0 Å². The third kappa shape index (κ3) is 2.95. The summed E-state index contributed by atoms with van der Waals surface area (Å²) in [6, 6.07) is 16.9. The summed E-state index contributed by atoms with van der Waals surface area (Å²) >= 11 is 6.02. The van der Waals surface area contributed by atoms with E-state index in [-0.39, 0.29) is 5.91 Å². The van der Waals surface area contributed by atoms with Crippen LogP contribution in [0.5, 0.6) is 0 Å². The van der Waals surface area contributed by atoms with E-state index >= 15 is 0 Å². The molecule has 1 amide bonds. The summed E-state index contributed by atoms with van der Waals surface area (Å²) in [4.78, 5) is 16.8. The van der Waals surface area contributed by atoms with Crippen molar-refractivity contribution < 1.29 is 4.79 Å². The maximum absolute atomic E-state index is 12.5. The molecule has 0 saturated heterocycles. The molecule has 1 heterocycles. The van der Waals surface area contributed by atoms with Gasteiger partial charge in [0.15, 0.2) is 0 Å². The molecule has 1 N–H and O–H groups in total. The lowest BCUT2D eigenvalue weighted by Crippen LogP contribution is -2.12. The van der Waals surface area contributed by atoms with Crippen molar-refractivity contribution in [3.05, 3.63) is 70.9 Å². The highest BCUT2D eigenvalue weighted by molar-refractivity contribution is 6.30. The van der Waals surface area contributed by atoms with Gasteiger partial charge in [-0.2, -0.15) is 0 Å². The molecule has 0 radical (unpaired) electrons. The van der Waals surface area contributed by atoms with Gasteiger partial charge < -0.3 is 5.32 Å². The van der Waals surface area contributed by atoms with Gasteiger partial charge in [0, 0.05) is 11.1 Å². The van der Waals surface area contributed by atoms with Crippen LogP contribution in [-0.4, -0.2) is 10.9 Å². The van der Waals surface area contributed by atoms with Crippen molar-refractivity contribution in [1.29, 1.82) is 0 Å². The monoisotopic (exact) mass is 310 g/mol. The third-order valence-corrected chi connectivity index (χ3v) is 3.74. The SMILES string of the molecule is CCc1ccc(NC(=O)c2cc(Cl)nc3ccccc23)cc1. The quantitative estimate of drug-likeness (QED) is 0.712. The summed E-state index contributed by atoms with van der Waals surface area (Å²) < 4.78 is 0. The predicted molar refractivity (Wildman–Crippen MR) is 90.5 cm³/mol. The number of hydrogen-bond acceptors (Lipinski definition) is 2. The zero-order valence-corrected chi connectivity index (χ0v) is 12.9. The lowest BCUT2D eigenvalue weighted by molar-refractivity contribution is 0.102. The van der Waals surface area contributed by atoms with Crippen molar-refractivity contribution in [3.8, 4) is 0 Å². The average Bonchev–Trinajstić information content (AvgIpc) is 2.54. The summed E-state index contributed by atoms with van der Waals surface area (Å²) in [5.41, 5.74) is 3.23. The molecule has 0 aliphatic rings. The Bertz CT molecular complexity index is 828. The van der Waals surface area contributed by atoms with Crippen LogP contribution in [0.1, 0.15) is 22.8 Å². The van der Waals surface area contributed by atoms with Crippen LogP contribution in [0.25, 0.3) is 10.9 Å². The van der Waals surface area contributed by atoms with Crippen molar-refractivity contribution >= 4 is 34.1 Å². The average molecular weight is 311 g/mol. The molecule has 0 fully saturated rings. The number of amides is 1. The first-order chi connectivity index (χ1) is 10.7. The van der Waals surface area contributed by atoms with Crippen molar-refractivity contribution in [1.82, 2.24) is 4.98 Å². The molecule has 0 aliphatic carbocycles. The topological polar surface area (TPSA) is 42.0 Å². The highest BCUT2D eigenvalue weighted by Gasteiger charge is 2.12. The number of halogens is 1. The van der Waals surface area contributed by atoms with Crippen LogP contribution in [0.2, 0.25) is 5.15 Å². The molecule has 0 spiro atoms. The molecule has 1 aromatic heterocycles. The molecule has 4 heteroatoms. The number of aryl methyl sites for hydroxylation is 1. The number of carbonyl (C=O) groups excluding carboxylic acids is 1. The van der Waals surface area contributed by atoms with Crippen molar-refractivity contribution in [2.75, 3.05) is 5.32 Å². The van der Waals surface area contributed by atoms with E-state index in [9.17, 15) is 4.79 Å². The smallest absolute Gasteiger partial charge is 0.256 e. The first kappa shape index (κ1) is 14.5. The summed E-state index contributed by atoms with van der Waals surface area (Å²) in [5.74, 6) is -0.190. The van der Waals surface area contributed by atoms with E-state index in [2.05, 4.69) is 17.2 Å². The molecular formula is C18H15ClN2O. The molecule has 3 nitrogen and oxygen atoms in total. The van der Waals surface area contributed by atoms with E-state index in [4.69, 9.17) is 11.6 Å². The van der Waals surface area contributed by atoms with Crippen LogP contribution in [0.4, 0.5) is 5.69 Å². The lowest BCUT2D eigenvalue weighted by Gasteiger charge is -2.09. The minimum atomic E-state index is -0.190. The van der Waals surface area contributed by atoms with Gasteiger partial charge in [0.2, 0.25) is 0 Å². The van der Waals surface area contributed by atoms with Crippen LogP contribution < -0.4 is 5.32 Å². The fourth-order valence-electron chi connectivity index (χ4n) is 2.35. The predicted octanol–water partition coefficient (Wildman–Crippen LogP) is 4.70. The maximum atomic E-state index is 12.5. The Morgan fingerprint density at radius 2 is 1.86 bits per heavy atom.